The van der Waals surface area contributed by atoms with E-state index >= 15 is 0 Å². The number of anilines is 1. The molecular weight excluding hydrogens is 225 g/mol. The van der Waals surface area contributed by atoms with Gasteiger partial charge in [0.2, 0.25) is 0 Å². The van der Waals surface area contributed by atoms with Crippen LogP contribution in [0.3, 0.4) is 0 Å². The number of aromatic nitrogens is 2. The molecule has 17 heavy (non-hydrogen) atoms. The molecule has 1 heterocycles. The third-order valence-corrected chi connectivity index (χ3v) is 2.28. The van der Waals surface area contributed by atoms with E-state index in [0.29, 0.717) is 16.7 Å². The maximum atomic E-state index is 12.1. The highest BCUT2D eigenvalue weighted by molar-refractivity contribution is 6.04. The van der Waals surface area contributed by atoms with Crippen LogP contribution in [0.1, 0.15) is 10.4 Å². The van der Waals surface area contributed by atoms with Crippen LogP contribution in [-0.2, 0) is 0 Å². The van der Waals surface area contributed by atoms with E-state index in [-0.39, 0.29) is 12.1 Å². The van der Waals surface area contributed by atoms with Crippen molar-refractivity contribution in [3.8, 4) is 0 Å². The van der Waals surface area contributed by atoms with Crippen LogP contribution in [0, 0.1) is 0 Å². The maximum absolute atomic E-state index is 12.1. The predicted octanol–water partition coefficient (Wildman–Crippen LogP) is 1.71. The van der Waals surface area contributed by atoms with Crippen LogP contribution in [0.2, 0.25) is 0 Å². The molecule has 0 bridgehead atoms. The van der Waals surface area contributed by atoms with Gasteiger partial charge in [-0.2, -0.15) is 0 Å². The highest BCUT2D eigenvalue weighted by Gasteiger charge is 2.11. The molecule has 0 aliphatic heterocycles. The Hall–Kier alpha value is -2.24. The molecule has 0 amide bonds. The second-order valence-electron chi connectivity index (χ2n) is 3.34. The van der Waals surface area contributed by atoms with Crippen LogP contribution >= 0.6 is 0 Å². The largest absolute Gasteiger partial charge is 0.478 e. The number of hydrogen-bond acceptors (Lipinski definition) is 4. The Morgan fingerprint density at radius 3 is 2.94 bits per heavy atom. The van der Waals surface area contributed by atoms with Crippen LogP contribution in [0.5, 0.6) is 0 Å². The number of carboxylic acid groups (broad SMARTS) is 1. The molecule has 0 saturated carbocycles. The molecule has 1 aromatic heterocycles. The van der Waals surface area contributed by atoms with Crippen LogP contribution in [0.4, 0.5) is 10.2 Å². The average molecular weight is 235 g/mol. The molecule has 2 N–H and O–H groups in total. The number of carboxylic acids is 1. The number of nitrogens with one attached hydrogen (secondary N) is 1. The minimum atomic E-state index is -1.05. The van der Waals surface area contributed by atoms with E-state index in [0.717, 1.165) is 0 Å². The summed E-state index contributed by atoms with van der Waals surface area (Å²) in [7, 11) is 0. The molecule has 0 spiro atoms. The summed E-state index contributed by atoms with van der Waals surface area (Å²) < 4.78 is 12.1. The lowest BCUT2D eigenvalue weighted by atomic mass is 10.1. The number of halogens is 1. The lowest BCUT2D eigenvalue weighted by Crippen LogP contribution is -2.07. The van der Waals surface area contributed by atoms with Gasteiger partial charge in [-0.15, -0.1) is 0 Å². The molecule has 6 heteroatoms. The summed E-state index contributed by atoms with van der Waals surface area (Å²) in [5.41, 5.74) is 0.449. The van der Waals surface area contributed by atoms with Crippen LogP contribution in [0.25, 0.3) is 10.9 Å². The fourth-order valence-electron chi connectivity index (χ4n) is 1.57. The number of nitrogens with zero attached hydrogens (tertiary/aromatic N) is 2. The Bertz CT molecular complexity index is 559. The minimum absolute atomic E-state index is 0.105. The van der Waals surface area contributed by atoms with Crippen molar-refractivity contribution in [3.05, 3.63) is 30.1 Å². The molecule has 0 aliphatic carbocycles. The Balaban J connectivity index is 2.57. The molecule has 2 rings (SSSR count). The van der Waals surface area contributed by atoms with Crippen molar-refractivity contribution in [3.63, 3.8) is 0 Å². The zero-order valence-electron chi connectivity index (χ0n) is 8.85. The lowest BCUT2D eigenvalue weighted by molar-refractivity contribution is 0.0699. The number of aromatic carboxylic acids is 1. The van der Waals surface area contributed by atoms with Crippen LogP contribution in [0.15, 0.2) is 24.5 Å². The van der Waals surface area contributed by atoms with Gasteiger partial charge in [0.05, 0.1) is 11.1 Å². The summed E-state index contributed by atoms with van der Waals surface area (Å²) in [6.45, 7) is -0.395. The molecule has 5 nitrogen and oxygen atoms in total. The molecular formula is C11H10FN3O2. The smallest absolute Gasteiger partial charge is 0.337 e. The summed E-state index contributed by atoms with van der Waals surface area (Å²) in [6.07, 6.45) is 1.26. The number of rotatable bonds is 4. The van der Waals surface area contributed by atoms with E-state index in [1.54, 1.807) is 12.1 Å². The van der Waals surface area contributed by atoms with E-state index < -0.39 is 12.6 Å². The van der Waals surface area contributed by atoms with Gasteiger partial charge in [-0.1, -0.05) is 6.07 Å². The monoisotopic (exact) mass is 235 g/mol. The molecule has 88 valence electrons. The van der Waals surface area contributed by atoms with E-state index in [2.05, 4.69) is 15.3 Å². The van der Waals surface area contributed by atoms with Crippen molar-refractivity contribution >= 4 is 22.7 Å². The number of carbonyl (C=O) groups is 1. The van der Waals surface area contributed by atoms with Gasteiger partial charge in [0.15, 0.2) is 0 Å². The third-order valence-electron chi connectivity index (χ3n) is 2.28. The molecule has 0 saturated heterocycles. The highest BCUT2D eigenvalue weighted by atomic mass is 19.1. The van der Waals surface area contributed by atoms with E-state index in [1.807, 2.05) is 0 Å². The Labute approximate surface area is 96.3 Å². The molecule has 2 aromatic rings. The molecule has 0 aliphatic rings. The Morgan fingerprint density at radius 1 is 1.41 bits per heavy atom. The van der Waals surface area contributed by atoms with Crippen LogP contribution < -0.4 is 5.32 Å². The second kappa shape index (κ2) is 4.73. The van der Waals surface area contributed by atoms with Crippen LogP contribution in [-0.4, -0.2) is 34.3 Å². The van der Waals surface area contributed by atoms with Gasteiger partial charge >= 0.3 is 5.97 Å². The van der Waals surface area contributed by atoms with Gasteiger partial charge in [-0.25, -0.2) is 19.2 Å². The lowest BCUT2D eigenvalue weighted by Gasteiger charge is -2.07. The van der Waals surface area contributed by atoms with Gasteiger partial charge in [-0.05, 0) is 12.1 Å². The minimum Gasteiger partial charge on any atom is -0.478 e. The summed E-state index contributed by atoms with van der Waals surface area (Å²) in [5.74, 6) is -0.610. The first-order valence-corrected chi connectivity index (χ1v) is 5.01. The number of para-hydroxylation sites is 1. The fourth-order valence-corrected chi connectivity index (χ4v) is 1.57. The normalized spacial score (nSPS) is 10.4. The van der Waals surface area contributed by atoms with Crippen molar-refractivity contribution in [1.29, 1.82) is 0 Å². The summed E-state index contributed by atoms with van der Waals surface area (Å²) in [4.78, 5) is 18.9. The van der Waals surface area contributed by atoms with Crippen molar-refractivity contribution < 1.29 is 14.3 Å². The topological polar surface area (TPSA) is 75.1 Å². The quantitative estimate of drug-likeness (QED) is 0.843. The van der Waals surface area contributed by atoms with Crippen molar-refractivity contribution in [1.82, 2.24) is 9.97 Å². The first-order chi connectivity index (χ1) is 8.24. The second-order valence-corrected chi connectivity index (χ2v) is 3.34. The van der Waals surface area contributed by atoms with Crippen molar-refractivity contribution in [2.45, 2.75) is 0 Å². The summed E-state index contributed by atoms with van der Waals surface area (Å²) in [6, 6.07) is 4.77. The fraction of sp³-hybridized carbons (Fsp3) is 0.182. The Kier molecular flexibility index (Phi) is 3.13. The van der Waals surface area contributed by atoms with E-state index in [9.17, 15) is 9.18 Å². The predicted molar refractivity (Wildman–Crippen MR) is 61.0 cm³/mol. The SMILES string of the molecule is O=C(O)c1cccc2c(NCCF)ncnc12. The maximum Gasteiger partial charge on any atom is 0.337 e. The zero-order chi connectivity index (χ0) is 12.3. The molecule has 0 fully saturated rings. The molecule has 1 aromatic carbocycles. The van der Waals surface area contributed by atoms with E-state index in [4.69, 9.17) is 5.11 Å². The van der Waals surface area contributed by atoms with E-state index in [1.165, 1.54) is 12.4 Å². The standard InChI is InChI=1S/C11H10FN3O2/c12-4-5-13-10-7-2-1-3-8(11(16)17)9(7)14-6-15-10/h1-3,6H,4-5H2,(H,16,17)(H,13,14,15). The Morgan fingerprint density at radius 2 is 2.24 bits per heavy atom. The number of fused-ring (bicyclic) bond motifs is 1. The first-order valence-electron chi connectivity index (χ1n) is 5.01. The van der Waals surface area contributed by atoms with Gasteiger partial charge in [-0.3, -0.25) is 0 Å². The van der Waals surface area contributed by atoms with Crippen molar-refractivity contribution in [2.75, 3.05) is 18.5 Å². The number of alkyl halides is 1. The highest BCUT2D eigenvalue weighted by Crippen LogP contribution is 2.21. The van der Waals surface area contributed by atoms with Gasteiger partial charge in [0, 0.05) is 11.9 Å². The zero-order valence-corrected chi connectivity index (χ0v) is 8.85. The molecule has 0 radical (unpaired) electrons. The molecule has 0 unspecified atom stereocenters. The number of benzene rings is 1. The molecule has 0 atom stereocenters. The summed E-state index contributed by atoms with van der Waals surface area (Å²) >= 11 is 0. The summed E-state index contributed by atoms with van der Waals surface area (Å²) in [5, 5.41) is 12.4. The average Bonchev–Trinajstić information content (AvgIpc) is 2.35. The van der Waals surface area contributed by atoms with Gasteiger partial charge in [0.25, 0.3) is 0 Å². The van der Waals surface area contributed by atoms with Gasteiger partial charge in [0.1, 0.15) is 18.8 Å². The number of hydrogen-bond donors (Lipinski definition) is 2. The van der Waals surface area contributed by atoms with Crippen molar-refractivity contribution in [2.24, 2.45) is 0 Å². The van der Waals surface area contributed by atoms with Gasteiger partial charge < -0.3 is 10.4 Å². The first kappa shape index (κ1) is 11.3. The third kappa shape index (κ3) is 2.15.